The van der Waals surface area contributed by atoms with Crippen LogP contribution >= 0.6 is 0 Å². The minimum Gasteiger partial charge on any atom is -0.496 e. The zero-order chi connectivity index (χ0) is 13.1. The Morgan fingerprint density at radius 1 is 1.44 bits per heavy atom. The van der Waals surface area contributed by atoms with Crippen molar-refractivity contribution in [1.82, 2.24) is 4.90 Å². The predicted molar refractivity (Wildman–Crippen MR) is 66.2 cm³/mol. The lowest BCUT2D eigenvalue weighted by Gasteiger charge is -2.28. The minimum absolute atomic E-state index is 0.140. The molecular weight excluding hydrogens is 232 g/mol. The van der Waals surface area contributed by atoms with Crippen molar-refractivity contribution < 1.29 is 14.3 Å². The van der Waals surface area contributed by atoms with Gasteiger partial charge in [0, 0.05) is 19.0 Å². The van der Waals surface area contributed by atoms with E-state index in [1.807, 2.05) is 0 Å². The van der Waals surface area contributed by atoms with Gasteiger partial charge in [0.1, 0.15) is 5.75 Å². The van der Waals surface area contributed by atoms with Gasteiger partial charge in [0.15, 0.2) is 0 Å². The summed E-state index contributed by atoms with van der Waals surface area (Å²) in [5, 5.41) is 0. The van der Waals surface area contributed by atoms with Crippen LogP contribution in [0.1, 0.15) is 23.2 Å². The van der Waals surface area contributed by atoms with Crippen molar-refractivity contribution in [3.05, 3.63) is 29.8 Å². The normalized spacial score (nSPS) is 19.8. The Morgan fingerprint density at radius 3 is 2.83 bits per heavy atom. The maximum absolute atomic E-state index is 12.3. The molecule has 1 atom stereocenters. The number of benzene rings is 1. The monoisotopic (exact) mass is 248 g/mol. The largest absolute Gasteiger partial charge is 0.496 e. The lowest BCUT2D eigenvalue weighted by Crippen LogP contribution is -2.46. The second kappa shape index (κ2) is 5.18. The molecule has 0 bridgehead atoms. The van der Waals surface area contributed by atoms with E-state index in [1.54, 1.807) is 24.3 Å². The Morgan fingerprint density at radius 2 is 2.17 bits per heavy atom. The molecule has 1 aliphatic heterocycles. The van der Waals surface area contributed by atoms with Gasteiger partial charge in [-0.15, -0.1) is 0 Å². The highest BCUT2D eigenvalue weighted by Gasteiger charge is 2.30. The molecule has 5 heteroatoms. The predicted octanol–water partition coefficient (Wildman–Crippen LogP) is 0.785. The number of likely N-dealkylation sites (tertiary alicyclic amines) is 1. The number of nitrogens with two attached hydrogens (primary N) is 1. The molecule has 1 aromatic rings. The molecule has 2 N–H and O–H groups in total. The number of methoxy groups -OCH3 is 1. The van der Waals surface area contributed by atoms with E-state index >= 15 is 0 Å². The fourth-order valence-electron chi connectivity index (χ4n) is 2.04. The highest BCUT2D eigenvalue weighted by molar-refractivity contribution is 6.06. The average Bonchev–Trinajstić information content (AvgIpc) is 2.38. The van der Waals surface area contributed by atoms with Crippen LogP contribution in [0.4, 0.5) is 0 Å². The van der Waals surface area contributed by atoms with E-state index in [2.05, 4.69) is 0 Å². The fourth-order valence-corrected chi connectivity index (χ4v) is 2.04. The standard InChI is InChI=1S/C13H16N2O3/c1-18-11-5-3-2-4-10(11)13(17)15-7-6-9(14)8-12(15)16/h2-5,9H,6-8,14H2,1H3. The third-order valence-electron chi connectivity index (χ3n) is 3.04. The minimum atomic E-state index is -0.315. The van der Waals surface area contributed by atoms with E-state index in [0.29, 0.717) is 24.3 Å². The van der Waals surface area contributed by atoms with Crippen LogP contribution in [0.2, 0.25) is 0 Å². The number of rotatable bonds is 2. The number of carbonyl (C=O) groups is 2. The van der Waals surface area contributed by atoms with Crippen molar-refractivity contribution in [3.8, 4) is 5.75 Å². The van der Waals surface area contributed by atoms with E-state index in [1.165, 1.54) is 12.0 Å². The number of nitrogens with zero attached hydrogens (tertiary/aromatic N) is 1. The number of ether oxygens (including phenoxy) is 1. The lowest BCUT2D eigenvalue weighted by molar-refractivity contribution is -0.130. The first-order chi connectivity index (χ1) is 8.63. The average molecular weight is 248 g/mol. The summed E-state index contributed by atoms with van der Waals surface area (Å²) < 4.78 is 5.13. The Bertz CT molecular complexity index is 473. The smallest absolute Gasteiger partial charge is 0.264 e. The van der Waals surface area contributed by atoms with Gasteiger partial charge in [-0.2, -0.15) is 0 Å². The van der Waals surface area contributed by atoms with Crippen molar-refractivity contribution in [2.24, 2.45) is 5.73 Å². The maximum atomic E-state index is 12.3. The summed E-state index contributed by atoms with van der Waals surface area (Å²) in [5.41, 5.74) is 6.11. The van der Waals surface area contributed by atoms with Crippen LogP contribution in [-0.4, -0.2) is 36.4 Å². The summed E-state index contributed by atoms with van der Waals surface area (Å²) in [6.07, 6.45) is 0.869. The van der Waals surface area contributed by atoms with Gasteiger partial charge >= 0.3 is 0 Å². The Kier molecular flexibility index (Phi) is 3.62. The van der Waals surface area contributed by atoms with Crippen molar-refractivity contribution >= 4 is 11.8 Å². The Labute approximate surface area is 106 Å². The molecular formula is C13H16N2O3. The van der Waals surface area contributed by atoms with E-state index in [9.17, 15) is 9.59 Å². The second-order valence-electron chi connectivity index (χ2n) is 4.30. The molecule has 0 radical (unpaired) electrons. The summed E-state index contributed by atoms with van der Waals surface area (Å²) in [4.78, 5) is 25.3. The van der Waals surface area contributed by atoms with E-state index < -0.39 is 0 Å². The van der Waals surface area contributed by atoms with Crippen LogP contribution in [-0.2, 0) is 4.79 Å². The highest BCUT2D eigenvalue weighted by Crippen LogP contribution is 2.21. The van der Waals surface area contributed by atoms with Gasteiger partial charge < -0.3 is 10.5 Å². The third-order valence-corrected chi connectivity index (χ3v) is 3.04. The summed E-state index contributed by atoms with van der Waals surface area (Å²) >= 11 is 0. The SMILES string of the molecule is COc1ccccc1C(=O)N1CCC(N)CC1=O. The molecule has 1 aliphatic rings. The number of amides is 2. The van der Waals surface area contributed by atoms with Gasteiger partial charge in [-0.1, -0.05) is 12.1 Å². The number of hydrogen-bond acceptors (Lipinski definition) is 4. The topological polar surface area (TPSA) is 72.6 Å². The van der Waals surface area contributed by atoms with Crippen LogP contribution in [0.5, 0.6) is 5.75 Å². The van der Waals surface area contributed by atoms with Gasteiger partial charge in [0.05, 0.1) is 12.7 Å². The van der Waals surface area contributed by atoms with Crippen LogP contribution in [0, 0.1) is 0 Å². The van der Waals surface area contributed by atoms with Gasteiger partial charge in [-0.3, -0.25) is 14.5 Å². The highest BCUT2D eigenvalue weighted by atomic mass is 16.5. The molecule has 18 heavy (non-hydrogen) atoms. The van der Waals surface area contributed by atoms with E-state index in [4.69, 9.17) is 10.5 Å². The van der Waals surface area contributed by atoms with Crippen molar-refractivity contribution in [2.45, 2.75) is 18.9 Å². The molecule has 1 unspecified atom stereocenters. The van der Waals surface area contributed by atoms with E-state index in [-0.39, 0.29) is 24.3 Å². The maximum Gasteiger partial charge on any atom is 0.264 e. The molecule has 1 heterocycles. The van der Waals surface area contributed by atoms with Gasteiger partial charge in [0.2, 0.25) is 5.91 Å². The van der Waals surface area contributed by atoms with Crippen molar-refractivity contribution in [3.63, 3.8) is 0 Å². The summed E-state index contributed by atoms with van der Waals surface area (Å²) in [5.74, 6) is -0.0563. The molecule has 1 aromatic carbocycles. The quantitative estimate of drug-likeness (QED) is 0.785. The van der Waals surface area contributed by atoms with Crippen LogP contribution in [0.3, 0.4) is 0 Å². The molecule has 0 spiro atoms. The number of hydrogen-bond donors (Lipinski definition) is 1. The number of piperidine rings is 1. The molecule has 1 saturated heterocycles. The first-order valence-electron chi connectivity index (χ1n) is 5.86. The number of imide groups is 1. The number of carbonyl (C=O) groups excluding carboxylic acids is 2. The molecule has 2 amide bonds. The van der Waals surface area contributed by atoms with Gasteiger partial charge in [-0.25, -0.2) is 0 Å². The Hall–Kier alpha value is -1.88. The molecule has 1 fully saturated rings. The molecule has 0 saturated carbocycles. The Balaban J connectivity index is 2.23. The van der Waals surface area contributed by atoms with Gasteiger partial charge in [-0.05, 0) is 18.6 Å². The lowest BCUT2D eigenvalue weighted by atomic mass is 10.0. The summed E-state index contributed by atoms with van der Waals surface area (Å²) in [7, 11) is 1.50. The van der Waals surface area contributed by atoms with Gasteiger partial charge in [0.25, 0.3) is 5.91 Å². The van der Waals surface area contributed by atoms with Crippen molar-refractivity contribution in [1.29, 1.82) is 0 Å². The number of para-hydroxylation sites is 1. The summed E-state index contributed by atoms with van der Waals surface area (Å²) in [6.45, 7) is 0.372. The zero-order valence-corrected chi connectivity index (χ0v) is 10.3. The first kappa shape index (κ1) is 12.6. The zero-order valence-electron chi connectivity index (χ0n) is 10.3. The van der Waals surface area contributed by atoms with Crippen LogP contribution in [0.15, 0.2) is 24.3 Å². The van der Waals surface area contributed by atoms with Crippen LogP contribution < -0.4 is 10.5 Å². The molecule has 0 aliphatic carbocycles. The third kappa shape index (κ3) is 2.36. The van der Waals surface area contributed by atoms with Crippen LogP contribution in [0.25, 0.3) is 0 Å². The molecule has 5 nitrogen and oxygen atoms in total. The summed E-state index contributed by atoms with van der Waals surface area (Å²) in [6, 6.07) is 6.75. The first-order valence-corrected chi connectivity index (χ1v) is 5.86. The molecule has 96 valence electrons. The van der Waals surface area contributed by atoms with E-state index in [0.717, 1.165) is 0 Å². The van der Waals surface area contributed by atoms with Crippen molar-refractivity contribution in [2.75, 3.05) is 13.7 Å². The molecule has 2 rings (SSSR count). The fraction of sp³-hybridized carbons (Fsp3) is 0.385. The second-order valence-corrected chi connectivity index (χ2v) is 4.30. The molecule has 0 aromatic heterocycles.